The second kappa shape index (κ2) is 15.5. The zero-order chi connectivity index (χ0) is 34.6. The van der Waals surface area contributed by atoms with Crippen LogP contribution >= 0.6 is 7.60 Å². The molecule has 9 nitrogen and oxygen atoms in total. The summed E-state index contributed by atoms with van der Waals surface area (Å²) < 4.78 is 36.2. The maximum Gasteiger partial charge on any atom is 0.402 e. The standard InChI is InChI=1S/C36H55O9PSi/c1-8-24(2)35(38)44-32-21-30(42-23-46(39,40)45-28-12-10-9-11-13-28)20-27-15-14-25(3)31(34(27)32)17-16-29-18-26(19-33(37)43-29)22-36(4,5)47(6,7)41/h9-15,20,24-26,29-32,34,41H,8,16-19,21-23H2,1-7H3,(H,39,40)/t24-,25-,26+,29+,30+,31-,32-,34-/m0/s1. The van der Waals surface area contributed by atoms with Crippen molar-refractivity contribution < 1.29 is 42.6 Å². The van der Waals surface area contributed by atoms with Gasteiger partial charge in [0, 0.05) is 18.8 Å². The van der Waals surface area contributed by atoms with Crippen LogP contribution in [0.2, 0.25) is 18.1 Å². The van der Waals surface area contributed by atoms with Crippen LogP contribution in [0.4, 0.5) is 0 Å². The van der Waals surface area contributed by atoms with Gasteiger partial charge in [-0.1, -0.05) is 71.0 Å². The Balaban J connectivity index is 1.49. The van der Waals surface area contributed by atoms with E-state index in [1.807, 2.05) is 33.0 Å². The minimum absolute atomic E-state index is 0.0837. The zero-order valence-corrected chi connectivity index (χ0v) is 31.0. The number of hydrogen-bond donors (Lipinski definition) is 2. The van der Waals surface area contributed by atoms with Gasteiger partial charge in [0.25, 0.3) is 0 Å². The topological polar surface area (TPSA) is 129 Å². The van der Waals surface area contributed by atoms with E-state index in [0.29, 0.717) is 25.7 Å². The van der Waals surface area contributed by atoms with Crippen molar-refractivity contribution in [2.24, 2.45) is 29.6 Å². The number of carbonyl (C=O) groups is 2. The van der Waals surface area contributed by atoms with Crippen LogP contribution in [0, 0.1) is 29.6 Å². The molecule has 2 aliphatic carbocycles. The molecule has 0 saturated carbocycles. The second-order valence-corrected chi connectivity index (χ2v) is 21.3. The number of esters is 2. The number of allylic oxidation sites excluding steroid dienone is 2. The van der Waals surface area contributed by atoms with Gasteiger partial charge in [-0.15, -0.1) is 0 Å². The first-order chi connectivity index (χ1) is 22.0. The fraction of sp³-hybridized carbons (Fsp3) is 0.667. The first-order valence-electron chi connectivity index (χ1n) is 17.2. The van der Waals surface area contributed by atoms with Crippen LogP contribution < -0.4 is 4.52 Å². The van der Waals surface area contributed by atoms with Gasteiger partial charge in [-0.05, 0) is 85.7 Å². The Labute approximate surface area is 281 Å². The van der Waals surface area contributed by atoms with Crippen LogP contribution in [0.15, 0.2) is 54.1 Å². The molecule has 1 unspecified atom stereocenters. The van der Waals surface area contributed by atoms with Gasteiger partial charge in [-0.3, -0.25) is 9.59 Å². The monoisotopic (exact) mass is 690 g/mol. The van der Waals surface area contributed by atoms with Crippen molar-refractivity contribution in [2.45, 2.75) is 116 Å². The maximum atomic E-state index is 13.1. The molecule has 0 aromatic heterocycles. The third-order valence-corrected chi connectivity index (χ3v) is 15.2. The third kappa shape index (κ3) is 10.1. The molecule has 1 saturated heterocycles. The minimum atomic E-state index is -4.10. The SMILES string of the molecule is CC[C@H](C)C(=O)O[C@H]1C[C@H](OCP(=O)(O)Oc2ccccc2)C=C2C=C[C@H](C)[C@H](CC[C@@H]3C[C@@H](CC(C)(C)[Si](C)(C)O)CC(=O)O3)[C@H]21. The van der Waals surface area contributed by atoms with Crippen molar-refractivity contribution in [2.75, 3.05) is 6.35 Å². The van der Waals surface area contributed by atoms with Crippen molar-refractivity contribution in [3.05, 3.63) is 54.1 Å². The summed E-state index contributed by atoms with van der Waals surface area (Å²) in [6.07, 6.45) is 8.91. The molecule has 0 spiro atoms. The second-order valence-electron chi connectivity index (χ2n) is 15.1. The van der Waals surface area contributed by atoms with Gasteiger partial charge < -0.3 is 28.4 Å². The van der Waals surface area contributed by atoms with Gasteiger partial charge in [0.2, 0.25) is 0 Å². The molecule has 0 radical (unpaired) electrons. The summed E-state index contributed by atoms with van der Waals surface area (Å²) in [5.41, 5.74) is 0.985. The lowest BCUT2D eigenvalue weighted by molar-refractivity contribution is -0.161. The number of cyclic esters (lactones) is 1. The van der Waals surface area contributed by atoms with E-state index in [1.165, 1.54) is 0 Å². The Bertz CT molecular complexity index is 1340. The Morgan fingerprint density at radius 3 is 2.53 bits per heavy atom. The van der Waals surface area contributed by atoms with E-state index < -0.39 is 34.5 Å². The Hall–Kier alpha value is -2.23. The van der Waals surface area contributed by atoms with Gasteiger partial charge in [-0.25, -0.2) is 4.57 Å². The molecule has 9 atom stereocenters. The maximum absolute atomic E-state index is 13.1. The molecule has 47 heavy (non-hydrogen) atoms. The molecule has 4 rings (SSSR count). The van der Waals surface area contributed by atoms with Gasteiger partial charge in [0.1, 0.15) is 18.0 Å². The average molecular weight is 691 g/mol. The van der Waals surface area contributed by atoms with Crippen LogP contribution in [-0.4, -0.2) is 54.6 Å². The average Bonchev–Trinajstić information content (AvgIpc) is 2.98. The molecular weight excluding hydrogens is 635 g/mol. The molecule has 1 fully saturated rings. The van der Waals surface area contributed by atoms with Crippen molar-refractivity contribution in [1.82, 2.24) is 0 Å². The van der Waals surface area contributed by atoms with Gasteiger partial charge in [0.05, 0.1) is 12.0 Å². The number of rotatable bonds is 14. The van der Waals surface area contributed by atoms with Gasteiger partial charge in [0.15, 0.2) is 14.7 Å². The highest BCUT2D eigenvalue weighted by molar-refractivity contribution is 7.53. The van der Waals surface area contributed by atoms with E-state index in [2.05, 4.69) is 32.9 Å². The lowest BCUT2D eigenvalue weighted by Gasteiger charge is -2.44. The summed E-state index contributed by atoms with van der Waals surface area (Å²) in [4.78, 5) is 47.1. The van der Waals surface area contributed by atoms with E-state index >= 15 is 0 Å². The highest BCUT2D eigenvalue weighted by Crippen LogP contribution is 2.48. The molecule has 262 valence electrons. The summed E-state index contributed by atoms with van der Waals surface area (Å²) in [6.45, 7) is 14.1. The summed E-state index contributed by atoms with van der Waals surface area (Å²) in [5, 5.41) is -0.215. The van der Waals surface area contributed by atoms with E-state index in [1.54, 1.807) is 30.3 Å². The molecular formula is C36H55O9PSi. The number of fused-ring (bicyclic) bond motifs is 1. The molecule has 1 aromatic rings. The summed E-state index contributed by atoms with van der Waals surface area (Å²) >= 11 is 0. The normalized spacial score (nSPS) is 29.9. The van der Waals surface area contributed by atoms with Crippen molar-refractivity contribution in [1.29, 1.82) is 0 Å². The number of ether oxygens (including phenoxy) is 3. The summed E-state index contributed by atoms with van der Waals surface area (Å²) in [5.74, 6) is 0.00429. The van der Waals surface area contributed by atoms with Crippen LogP contribution in [0.3, 0.4) is 0 Å². The molecule has 0 amide bonds. The highest BCUT2D eigenvalue weighted by Gasteiger charge is 2.45. The number of benzene rings is 1. The molecule has 3 aliphatic rings. The first kappa shape index (κ1) is 37.6. The molecule has 2 N–H and O–H groups in total. The first-order valence-corrected chi connectivity index (χ1v) is 21.9. The van der Waals surface area contributed by atoms with Gasteiger partial charge in [-0.2, -0.15) is 0 Å². The fourth-order valence-corrected chi connectivity index (χ4v) is 8.71. The van der Waals surface area contributed by atoms with E-state index in [-0.39, 0.29) is 58.4 Å². The van der Waals surface area contributed by atoms with Crippen molar-refractivity contribution in [3.63, 3.8) is 0 Å². The summed E-state index contributed by atoms with van der Waals surface area (Å²) in [7, 11) is -6.51. The number of carbonyl (C=O) groups excluding carboxylic acids is 2. The largest absolute Gasteiger partial charge is 0.462 e. The Morgan fingerprint density at radius 2 is 1.87 bits per heavy atom. The van der Waals surface area contributed by atoms with Crippen LogP contribution in [0.5, 0.6) is 5.75 Å². The Kier molecular flexibility index (Phi) is 12.4. The predicted octanol–water partition coefficient (Wildman–Crippen LogP) is 7.79. The summed E-state index contributed by atoms with van der Waals surface area (Å²) in [6, 6.07) is 8.47. The van der Waals surface area contributed by atoms with E-state index in [0.717, 1.165) is 24.8 Å². The Morgan fingerprint density at radius 1 is 1.17 bits per heavy atom. The highest BCUT2D eigenvalue weighted by atomic mass is 31.2. The lowest BCUT2D eigenvalue weighted by atomic mass is 9.66. The fourth-order valence-electron chi connectivity index (χ4n) is 7.04. The van der Waals surface area contributed by atoms with Crippen molar-refractivity contribution in [3.8, 4) is 5.75 Å². The molecule has 1 aliphatic heterocycles. The predicted molar refractivity (Wildman–Crippen MR) is 184 cm³/mol. The smallest absolute Gasteiger partial charge is 0.402 e. The molecule has 0 bridgehead atoms. The van der Waals surface area contributed by atoms with Crippen LogP contribution in [-0.2, 0) is 28.4 Å². The lowest BCUT2D eigenvalue weighted by Crippen LogP contribution is -2.44. The van der Waals surface area contributed by atoms with Crippen LogP contribution in [0.25, 0.3) is 0 Å². The molecule has 1 heterocycles. The number of para-hydroxylation sites is 1. The number of hydrogen-bond acceptors (Lipinski definition) is 8. The minimum Gasteiger partial charge on any atom is -0.462 e. The van der Waals surface area contributed by atoms with Gasteiger partial charge >= 0.3 is 19.5 Å². The molecule has 11 heteroatoms. The van der Waals surface area contributed by atoms with Crippen molar-refractivity contribution >= 4 is 27.9 Å². The third-order valence-electron chi connectivity index (χ3n) is 10.7. The van der Waals surface area contributed by atoms with E-state index in [4.69, 9.17) is 18.7 Å². The van der Waals surface area contributed by atoms with Crippen LogP contribution in [0.1, 0.15) is 79.6 Å². The zero-order valence-electron chi connectivity index (χ0n) is 29.1. The molecule has 1 aromatic carbocycles. The van der Waals surface area contributed by atoms with E-state index in [9.17, 15) is 23.8 Å². The quantitative estimate of drug-likeness (QED) is 0.114.